The second-order valence-corrected chi connectivity index (χ2v) is 8.54. The topological polar surface area (TPSA) is 47.6 Å². The van der Waals surface area contributed by atoms with Gasteiger partial charge in [-0.05, 0) is 20.3 Å². The first-order chi connectivity index (χ1) is 10.5. The van der Waals surface area contributed by atoms with Gasteiger partial charge in [-0.25, -0.2) is 0 Å². The van der Waals surface area contributed by atoms with Crippen molar-refractivity contribution in [3.63, 3.8) is 0 Å². The lowest BCUT2D eigenvalue weighted by Crippen LogP contribution is -2.58. The highest BCUT2D eigenvalue weighted by atomic mass is 35.6. The Morgan fingerprint density at radius 1 is 1.48 bits per heavy atom. The molecule has 7 heteroatoms. The van der Waals surface area contributed by atoms with Crippen LogP contribution in [-0.4, -0.2) is 33.7 Å². The summed E-state index contributed by atoms with van der Waals surface area (Å²) in [6.45, 7) is 11.9. The van der Waals surface area contributed by atoms with Crippen molar-refractivity contribution in [3.05, 3.63) is 37.0 Å². The van der Waals surface area contributed by atoms with E-state index in [2.05, 4.69) is 18.5 Å². The Labute approximate surface area is 151 Å². The number of allylic oxidation sites excluding steroid dienone is 2. The van der Waals surface area contributed by atoms with Crippen molar-refractivity contribution in [2.24, 2.45) is 5.92 Å². The molecule has 1 aliphatic heterocycles. The minimum Gasteiger partial charge on any atom is -0.348 e. The summed E-state index contributed by atoms with van der Waals surface area (Å²) >= 11 is 17.1. The van der Waals surface area contributed by atoms with Gasteiger partial charge < -0.3 is 14.8 Å². The van der Waals surface area contributed by atoms with Crippen molar-refractivity contribution in [1.82, 2.24) is 5.32 Å². The maximum absolute atomic E-state index is 12.2. The van der Waals surface area contributed by atoms with Crippen LogP contribution in [0.15, 0.2) is 37.0 Å². The minimum absolute atomic E-state index is 0.171. The normalized spacial score (nSPS) is 33.5. The second-order valence-electron chi connectivity index (χ2n) is 6.26. The molecule has 0 saturated carbocycles. The first-order valence-corrected chi connectivity index (χ1v) is 8.34. The summed E-state index contributed by atoms with van der Waals surface area (Å²) in [5.74, 6) is -1.57. The van der Waals surface area contributed by atoms with E-state index in [0.717, 1.165) is 5.57 Å². The number of ether oxygens (including phenoxy) is 2. The molecule has 0 aromatic carbocycles. The van der Waals surface area contributed by atoms with E-state index in [1.54, 1.807) is 12.2 Å². The SMILES string of the molecule is C=C[C@]1(NC(=O)C(Cl)(Cl)Cl)C=CC(=C)CC1[C@H]1COC(C)(C)O1. The first kappa shape index (κ1) is 18.8. The Bertz CT molecular complexity index is 553. The molecule has 1 saturated heterocycles. The van der Waals surface area contributed by atoms with E-state index in [-0.39, 0.29) is 12.0 Å². The predicted molar refractivity (Wildman–Crippen MR) is 92.7 cm³/mol. The number of carbonyl (C=O) groups is 1. The van der Waals surface area contributed by atoms with E-state index in [0.29, 0.717) is 13.0 Å². The fraction of sp³-hybridized carbons (Fsp3) is 0.562. The lowest BCUT2D eigenvalue weighted by molar-refractivity contribution is -0.147. The van der Waals surface area contributed by atoms with Crippen LogP contribution in [0.3, 0.4) is 0 Å². The molecule has 1 N–H and O–H groups in total. The largest absolute Gasteiger partial charge is 0.348 e. The molecule has 2 aliphatic rings. The monoisotopic (exact) mass is 379 g/mol. The molecule has 1 aliphatic carbocycles. The Morgan fingerprint density at radius 3 is 2.61 bits per heavy atom. The molecular formula is C16H20Cl3NO3. The average molecular weight is 381 g/mol. The molecule has 0 aromatic rings. The second kappa shape index (κ2) is 6.41. The van der Waals surface area contributed by atoms with Gasteiger partial charge in [0, 0.05) is 5.92 Å². The van der Waals surface area contributed by atoms with Gasteiger partial charge in [-0.15, -0.1) is 6.58 Å². The highest BCUT2D eigenvalue weighted by molar-refractivity contribution is 6.76. The zero-order valence-electron chi connectivity index (χ0n) is 13.1. The average Bonchev–Trinajstić information content (AvgIpc) is 2.80. The predicted octanol–water partition coefficient (Wildman–Crippen LogP) is 3.68. The Balaban J connectivity index is 2.33. The maximum Gasteiger partial charge on any atom is 0.273 e. The number of hydrogen-bond acceptors (Lipinski definition) is 3. The van der Waals surface area contributed by atoms with E-state index < -0.39 is 21.0 Å². The third kappa shape index (κ3) is 4.12. The molecule has 3 atom stereocenters. The van der Waals surface area contributed by atoms with E-state index in [1.807, 2.05) is 19.9 Å². The third-order valence-electron chi connectivity index (χ3n) is 4.09. The van der Waals surface area contributed by atoms with Gasteiger partial charge in [0.15, 0.2) is 5.79 Å². The van der Waals surface area contributed by atoms with E-state index in [9.17, 15) is 4.79 Å². The van der Waals surface area contributed by atoms with Crippen LogP contribution in [0.25, 0.3) is 0 Å². The molecule has 1 fully saturated rings. The van der Waals surface area contributed by atoms with Gasteiger partial charge in [0.1, 0.15) is 0 Å². The summed E-state index contributed by atoms with van der Waals surface area (Å²) in [7, 11) is 0. The van der Waals surface area contributed by atoms with Gasteiger partial charge in [-0.2, -0.15) is 0 Å². The van der Waals surface area contributed by atoms with Crippen LogP contribution in [0.1, 0.15) is 20.3 Å². The van der Waals surface area contributed by atoms with E-state index in [4.69, 9.17) is 44.3 Å². The fourth-order valence-corrected chi connectivity index (χ4v) is 3.07. The molecule has 0 aromatic heterocycles. The van der Waals surface area contributed by atoms with E-state index in [1.165, 1.54) is 0 Å². The maximum atomic E-state index is 12.2. The molecular weight excluding hydrogens is 361 g/mol. The van der Waals surface area contributed by atoms with Crippen molar-refractivity contribution in [3.8, 4) is 0 Å². The van der Waals surface area contributed by atoms with Crippen molar-refractivity contribution < 1.29 is 14.3 Å². The highest BCUT2D eigenvalue weighted by Gasteiger charge is 2.49. The van der Waals surface area contributed by atoms with Crippen molar-refractivity contribution >= 4 is 40.7 Å². The molecule has 4 nitrogen and oxygen atoms in total. The van der Waals surface area contributed by atoms with Crippen molar-refractivity contribution in [2.45, 2.75) is 41.5 Å². The molecule has 23 heavy (non-hydrogen) atoms. The van der Waals surface area contributed by atoms with Crippen LogP contribution in [0.4, 0.5) is 0 Å². The van der Waals surface area contributed by atoms with Crippen LogP contribution >= 0.6 is 34.8 Å². The number of amides is 1. The number of carbonyl (C=O) groups excluding carboxylic acids is 1. The van der Waals surface area contributed by atoms with Crippen LogP contribution in [-0.2, 0) is 14.3 Å². The molecule has 1 heterocycles. The standard InChI is InChI=1S/C16H20Cl3NO3/c1-5-15(20-13(21)16(17,18)19)7-6-10(2)8-11(15)12-9-22-14(3,4)23-12/h5-7,11-12H,1-2,8-9H2,3-4H3,(H,20,21)/t11?,12-,15+/m1/s1. The molecule has 0 radical (unpaired) electrons. The summed E-state index contributed by atoms with van der Waals surface area (Å²) in [5.41, 5.74) is 0.0142. The van der Waals surface area contributed by atoms with Gasteiger partial charge >= 0.3 is 0 Å². The van der Waals surface area contributed by atoms with E-state index >= 15 is 0 Å². The smallest absolute Gasteiger partial charge is 0.273 e. The fourth-order valence-electron chi connectivity index (χ4n) is 2.92. The van der Waals surface area contributed by atoms with Gasteiger partial charge in [0.25, 0.3) is 9.70 Å². The van der Waals surface area contributed by atoms with Crippen LogP contribution in [0.2, 0.25) is 0 Å². The van der Waals surface area contributed by atoms with Gasteiger partial charge in [0.2, 0.25) is 0 Å². The Hall–Kier alpha value is -0.520. The molecule has 0 bridgehead atoms. The number of alkyl halides is 3. The summed E-state index contributed by atoms with van der Waals surface area (Å²) in [6, 6.07) is 0. The van der Waals surface area contributed by atoms with Crippen LogP contribution in [0, 0.1) is 5.92 Å². The number of hydrogen-bond donors (Lipinski definition) is 1. The summed E-state index contributed by atoms with van der Waals surface area (Å²) < 4.78 is 9.56. The van der Waals surface area contributed by atoms with Gasteiger partial charge in [-0.1, -0.05) is 65.2 Å². The van der Waals surface area contributed by atoms with Crippen LogP contribution < -0.4 is 5.32 Å². The van der Waals surface area contributed by atoms with Crippen LogP contribution in [0.5, 0.6) is 0 Å². The van der Waals surface area contributed by atoms with Gasteiger partial charge in [-0.3, -0.25) is 4.79 Å². The molecule has 1 amide bonds. The zero-order chi connectivity index (χ0) is 17.5. The number of halogens is 3. The Morgan fingerprint density at radius 2 is 2.13 bits per heavy atom. The summed E-state index contributed by atoms with van der Waals surface area (Å²) in [6.07, 6.45) is 5.62. The van der Waals surface area contributed by atoms with Crippen molar-refractivity contribution in [2.75, 3.05) is 6.61 Å². The van der Waals surface area contributed by atoms with Crippen molar-refractivity contribution in [1.29, 1.82) is 0 Å². The molecule has 1 unspecified atom stereocenters. The van der Waals surface area contributed by atoms with Gasteiger partial charge in [0.05, 0.1) is 18.2 Å². The molecule has 0 spiro atoms. The first-order valence-electron chi connectivity index (χ1n) is 7.21. The summed E-state index contributed by atoms with van der Waals surface area (Å²) in [5, 5.41) is 2.78. The minimum atomic E-state index is -2.06. The quantitative estimate of drug-likeness (QED) is 0.600. The molecule has 2 rings (SSSR count). The summed E-state index contributed by atoms with van der Waals surface area (Å²) in [4.78, 5) is 12.2. The highest BCUT2D eigenvalue weighted by Crippen LogP contribution is 2.40. The Kier molecular flexibility index (Phi) is 5.25. The lowest BCUT2D eigenvalue weighted by atomic mass is 9.72. The zero-order valence-corrected chi connectivity index (χ0v) is 15.3. The third-order valence-corrected chi connectivity index (χ3v) is 4.61. The molecule has 128 valence electrons. The lowest BCUT2D eigenvalue weighted by Gasteiger charge is -2.42. The number of rotatable bonds is 3. The number of nitrogens with one attached hydrogen (secondary N) is 1.